The topological polar surface area (TPSA) is 78.9 Å². The summed E-state index contributed by atoms with van der Waals surface area (Å²) in [6, 6.07) is 11.9. The van der Waals surface area contributed by atoms with Crippen molar-refractivity contribution in [3.63, 3.8) is 0 Å². The van der Waals surface area contributed by atoms with Gasteiger partial charge in [-0.05, 0) is 42.8 Å². The summed E-state index contributed by atoms with van der Waals surface area (Å²) in [4.78, 5) is 24.7. The van der Waals surface area contributed by atoms with Gasteiger partial charge in [0.2, 0.25) is 0 Å². The Labute approximate surface area is 147 Å². The Hall–Kier alpha value is -3.02. The summed E-state index contributed by atoms with van der Waals surface area (Å²) >= 11 is 0. The fraction of sp³-hybridized carbons (Fsp3) is 0.263. The van der Waals surface area contributed by atoms with Gasteiger partial charge in [-0.1, -0.05) is 12.1 Å². The van der Waals surface area contributed by atoms with E-state index in [2.05, 4.69) is 5.32 Å². The maximum absolute atomic E-state index is 12.2. The normalized spacial score (nSPS) is 10.2. The lowest BCUT2D eigenvalue weighted by Gasteiger charge is -2.16. The monoisotopic (exact) mass is 342 g/mol. The van der Waals surface area contributed by atoms with Crippen molar-refractivity contribution in [2.75, 3.05) is 26.0 Å². The second-order valence-corrected chi connectivity index (χ2v) is 5.70. The molecule has 25 heavy (non-hydrogen) atoms. The lowest BCUT2D eigenvalue weighted by atomic mass is 10.1. The third-order valence-electron chi connectivity index (χ3n) is 3.59. The molecule has 0 unspecified atom stereocenters. The minimum absolute atomic E-state index is 0.0982. The molecule has 0 radical (unpaired) electrons. The van der Waals surface area contributed by atoms with E-state index >= 15 is 0 Å². The SMILES string of the molecule is CCOc1ccc(C(=O)N(C)C)cc1NCc1cccc(C(=O)O)c1. The van der Waals surface area contributed by atoms with Crippen LogP contribution in [0.25, 0.3) is 0 Å². The second-order valence-electron chi connectivity index (χ2n) is 5.70. The van der Waals surface area contributed by atoms with Crippen molar-refractivity contribution in [2.24, 2.45) is 0 Å². The number of hydrogen-bond donors (Lipinski definition) is 2. The van der Waals surface area contributed by atoms with Crippen LogP contribution in [0.1, 0.15) is 33.2 Å². The highest BCUT2D eigenvalue weighted by atomic mass is 16.5. The first-order valence-corrected chi connectivity index (χ1v) is 7.97. The van der Waals surface area contributed by atoms with Gasteiger partial charge in [0.05, 0.1) is 17.9 Å². The Balaban J connectivity index is 2.24. The zero-order chi connectivity index (χ0) is 18.4. The minimum atomic E-state index is -0.963. The van der Waals surface area contributed by atoms with Gasteiger partial charge < -0.3 is 20.1 Å². The molecule has 0 bridgehead atoms. The molecule has 0 aliphatic heterocycles. The fourth-order valence-electron chi connectivity index (χ4n) is 2.35. The van der Waals surface area contributed by atoms with E-state index < -0.39 is 5.97 Å². The van der Waals surface area contributed by atoms with E-state index in [1.165, 1.54) is 4.90 Å². The molecule has 6 heteroatoms. The first-order chi connectivity index (χ1) is 11.9. The van der Waals surface area contributed by atoms with Crippen molar-refractivity contribution < 1.29 is 19.4 Å². The zero-order valence-corrected chi connectivity index (χ0v) is 14.6. The molecule has 0 fully saturated rings. The van der Waals surface area contributed by atoms with Crippen LogP contribution >= 0.6 is 0 Å². The lowest BCUT2D eigenvalue weighted by molar-refractivity contribution is 0.0696. The molecule has 1 amide bonds. The molecule has 0 spiro atoms. The van der Waals surface area contributed by atoms with E-state index in [0.29, 0.717) is 30.2 Å². The van der Waals surface area contributed by atoms with Gasteiger partial charge in [0.25, 0.3) is 5.91 Å². The van der Waals surface area contributed by atoms with Crippen molar-refractivity contribution in [1.29, 1.82) is 0 Å². The number of aromatic carboxylic acids is 1. The van der Waals surface area contributed by atoms with Gasteiger partial charge in [-0.2, -0.15) is 0 Å². The largest absolute Gasteiger partial charge is 0.492 e. The lowest BCUT2D eigenvalue weighted by Crippen LogP contribution is -2.21. The number of carbonyl (C=O) groups is 2. The predicted octanol–water partition coefficient (Wildman–Crippen LogP) is 3.10. The first kappa shape index (κ1) is 18.3. The van der Waals surface area contributed by atoms with Crippen molar-refractivity contribution >= 4 is 17.6 Å². The van der Waals surface area contributed by atoms with Crippen LogP contribution in [0.3, 0.4) is 0 Å². The van der Waals surface area contributed by atoms with Crippen LogP contribution in [0.4, 0.5) is 5.69 Å². The highest BCUT2D eigenvalue weighted by Gasteiger charge is 2.12. The molecule has 0 heterocycles. The van der Waals surface area contributed by atoms with Gasteiger partial charge in [0.1, 0.15) is 5.75 Å². The van der Waals surface area contributed by atoms with E-state index in [1.54, 1.807) is 50.5 Å². The fourth-order valence-corrected chi connectivity index (χ4v) is 2.35. The number of amides is 1. The van der Waals surface area contributed by atoms with Crippen molar-refractivity contribution in [3.8, 4) is 5.75 Å². The van der Waals surface area contributed by atoms with Gasteiger partial charge in [-0.3, -0.25) is 4.79 Å². The number of rotatable bonds is 7. The molecule has 2 N–H and O–H groups in total. The summed E-state index contributed by atoms with van der Waals surface area (Å²) < 4.78 is 5.60. The van der Waals surface area contributed by atoms with Gasteiger partial charge >= 0.3 is 5.97 Å². The molecule has 132 valence electrons. The van der Waals surface area contributed by atoms with Crippen molar-refractivity contribution in [3.05, 3.63) is 59.2 Å². The number of ether oxygens (including phenoxy) is 1. The Kier molecular flexibility index (Phi) is 6.00. The van der Waals surface area contributed by atoms with E-state index in [9.17, 15) is 9.59 Å². The number of hydrogen-bond acceptors (Lipinski definition) is 4. The average Bonchev–Trinajstić information content (AvgIpc) is 2.60. The molecule has 2 aromatic rings. The number of anilines is 1. The summed E-state index contributed by atoms with van der Waals surface area (Å²) in [7, 11) is 3.40. The highest BCUT2D eigenvalue weighted by Crippen LogP contribution is 2.27. The minimum Gasteiger partial charge on any atom is -0.492 e. The van der Waals surface area contributed by atoms with Crippen LogP contribution in [0.15, 0.2) is 42.5 Å². The van der Waals surface area contributed by atoms with Gasteiger partial charge in [-0.15, -0.1) is 0 Å². The van der Waals surface area contributed by atoms with Gasteiger partial charge in [-0.25, -0.2) is 4.79 Å². The summed E-state index contributed by atoms with van der Waals surface area (Å²) in [5, 5.41) is 12.3. The van der Waals surface area contributed by atoms with Gasteiger partial charge in [0, 0.05) is 26.2 Å². The highest BCUT2D eigenvalue weighted by molar-refractivity contribution is 5.95. The predicted molar refractivity (Wildman–Crippen MR) is 96.4 cm³/mol. The number of nitrogens with one attached hydrogen (secondary N) is 1. The van der Waals surface area contributed by atoms with Crippen LogP contribution in [0.5, 0.6) is 5.75 Å². The molecule has 0 saturated heterocycles. The summed E-state index contributed by atoms with van der Waals surface area (Å²) in [6.07, 6.45) is 0. The zero-order valence-electron chi connectivity index (χ0n) is 14.6. The van der Waals surface area contributed by atoms with Crippen LogP contribution in [-0.2, 0) is 6.54 Å². The molecule has 2 rings (SSSR count). The van der Waals surface area contributed by atoms with Crippen molar-refractivity contribution in [2.45, 2.75) is 13.5 Å². The molecule has 0 aliphatic rings. The third-order valence-corrected chi connectivity index (χ3v) is 3.59. The molecule has 2 aromatic carbocycles. The molecule has 0 aliphatic carbocycles. The van der Waals surface area contributed by atoms with Crippen LogP contribution in [0.2, 0.25) is 0 Å². The summed E-state index contributed by atoms with van der Waals surface area (Å²) in [6.45, 7) is 2.81. The Morgan fingerprint density at radius 3 is 2.52 bits per heavy atom. The summed E-state index contributed by atoms with van der Waals surface area (Å²) in [5.41, 5.74) is 2.30. The molecule has 0 saturated carbocycles. The smallest absolute Gasteiger partial charge is 0.335 e. The van der Waals surface area contributed by atoms with E-state index in [1.807, 2.05) is 13.0 Å². The number of carboxylic acid groups (broad SMARTS) is 1. The first-order valence-electron chi connectivity index (χ1n) is 7.97. The molecule has 6 nitrogen and oxygen atoms in total. The molecule has 0 atom stereocenters. The molecular weight excluding hydrogens is 320 g/mol. The maximum atomic E-state index is 12.2. The van der Waals surface area contributed by atoms with Crippen LogP contribution in [-0.4, -0.2) is 42.6 Å². The van der Waals surface area contributed by atoms with E-state index in [4.69, 9.17) is 9.84 Å². The summed E-state index contributed by atoms with van der Waals surface area (Å²) in [5.74, 6) is -0.415. The Bertz CT molecular complexity index is 772. The Morgan fingerprint density at radius 2 is 1.88 bits per heavy atom. The number of carboxylic acids is 1. The van der Waals surface area contributed by atoms with E-state index in [-0.39, 0.29) is 11.5 Å². The molecular formula is C19H22N2O4. The number of benzene rings is 2. The van der Waals surface area contributed by atoms with E-state index in [0.717, 1.165) is 5.56 Å². The molecule has 0 aromatic heterocycles. The average molecular weight is 342 g/mol. The maximum Gasteiger partial charge on any atom is 0.335 e. The quantitative estimate of drug-likeness (QED) is 0.808. The third kappa shape index (κ3) is 4.73. The van der Waals surface area contributed by atoms with Crippen molar-refractivity contribution in [1.82, 2.24) is 4.90 Å². The Morgan fingerprint density at radius 1 is 1.12 bits per heavy atom. The second kappa shape index (κ2) is 8.19. The van der Waals surface area contributed by atoms with Gasteiger partial charge in [0.15, 0.2) is 0 Å². The number of carbonyl (C=O) groups excluding carboxylic acids is 1. The van der Waals surface area contributed by atoms with Crippen LogP contribution < -0.4 is 10.1 Å². The standard InChI is InChI=1S/C19H22N2O4/c1-4-25-17-9-8-14(18(22)21(2)3)11-16(17)20-12-13-6-5-7-15(10-13)19(23)24/h5-11,20H,4,12H2,1-3H3,(H,23,24). The number of nitrogens with zero attached hydrogens (tertiary/aromatic N) is 1. The van der Waals surface area contributed by atoms with Crippen LogP contribution in [0, 0.1) is 0 Å².